The quantitative estimate of drug-likeness (QED) is 0.656. The molecule has 3 nitrogen and oxygen atoms in total. The first-order valence-electron chi connectivity index (χ1n) is 5.50. The van der Waals surface area contributed by atoms with Gasteiger partial charge in [-0.3, -0.25) is 4.79 Å². The van der Waals surface area contributed by atoms with E-state index in [1.165, 1.54) is 19.3 Å². The molecule has 0 radical (unpaired) electrons. The predicted molar refractivity (Wildman–Crippen MR) is 61.1 cm³/mol. The first-order valence-corrected chi connectivity index (χ1v) is 5.94. The van der Waals surface area contributed by atoms with Crippen LogP contribution in [0.3, 0.4) is 0 Å². The minimum atomic E-state index is -0.106. The lowest BCUT2D eigenvalue weighted by Crippen LogP contribution is -2.35. The number of ether oxygens (including phenoxy) is 1. The Morgan fingerprint density at radius 2 is 2.27 bits per heavy atom. The summed E-state index contributed by atoms with van der Waals surface area (Å²) in [6.07, 6.45) is 4.39. The fourth-order valence-electron chi connectivity index (χ4n) is 1.73. The molecule has 1 rings (SSSR count). The van der Waals surface area contributed by atoms with Crippen molar-refractivity contribution >= 4 is 17.5 Å². The predicted octanol–water partition coefficient (Wildman–Crippen LogP) is 1.89. The van der Waals surface area contributed by atoms with Crippen molar-refractivity contribution in [1.29, 1.82) is 0 Å². The van der Waals surface area contributed by atoms with E-state index >= 15 is 0 Å². The molecule has 0 aromatic heterocycles. The smallest absolute Gasteiger partial charge is 0.222 e. The van der Waals surface area contributed by atoms with Crippen LogP contribution < -0.4 is 0 Å². The lowest BCUT2D eigenvalue weighted by atomic mass is 9.83. The summed E-state index contributed by atoms with van der Waals surface area (Å²) < 4.78 is 4.93. The van der Waals surface area contributed by atoms with Gasteiger partial charge < -0.3 is 9.64 Å². The molecular weight excluding hydrogens is 214 g/mol. The van der Waals surface area contributed by atoms with Crippen LogP contribution in [0, 0.1) is 5.92 Å². The molecule has 1 unspecified atom stereocenters. The van der Waals surface area contributed by atoms with Gasteiger partial charge in [-0.2, -0.15) is 0 Å². The van der Waals surface area contributed by atoms with Gasteiger partial charge in [0.25, 0.3) is 0 Å². The summed E-state index contributed by atoms with van der Waals surface area (Å²) in [7, 11) is 3.43. The number of nitrogens with zero attached hydrogens (tertiary/aromatic N) is 1. The largest absolute Gasteiger partial charge is 0.383 e. The Labute approximate surface area is 96.7 Å². The number of carbonyl (C=O) groups is 1. The van der Waals surface area contributed by atoms with Crippen LogP contribution in [0.25, 0.3) is 0 Å². The van der Waals surface area contributed by atoms with E-state index in [0.717, 1.165) is 0 Å². The zero-order valence-electron chi connectivity index (χ0n) is 9.54. The summed E-state index contributed by atoms with van der Waals surface area (Å²) in [5, 5.41) is -0.106. The van der Waals surface area contributed by atoms with Crippen LogP contribution in [-0.4, -0.2) is 43.5 Å². The first-order chi connectivity index (χ1) is 7.13. The Balaban J connectivity index is 2.19. The molecule has 0 heterocycles. The zero-order chi connectivity index (χ0) is 11.3. The highest BCUT2D eigenvalue weighted by molar-refractivity contribution is 6.21. The second kappa shape index (κ2) is 6.33. The van der Waals surface area contributed by atoms with Gasteiger partial charge in [-0.25, -0.2) is 0 Å². The van der Waals surface area contributed by atoms with Crippen LogP contribution >= 0.6 is 11.6 Å². The van der Waals surface area contributed by atoms with E-state index in [1.54, 1.807) is 12.0 Å². The van der Waals surface area contributed by atoms with Crippen molar-refractivity contribution in [1.82, 2.24) is 4.90 Å². The van der Waals surface area contributed by atoms with Crippen LogP contribution in [0.2, 0.25) is 0 Å². The van der Waals surface area contributed by atoms with Gasteiger partial charge in [0.15, 0.2) is 0 Å². The monoisotopic (exact) mass is 233 g/mol. The van der Waals surface area contributed by atoms with Crippen molar-refractivity contribution in [2.45, 2.75) is 31.1 Å². The molecule has 4 heteroatoms. The van der Waals surface area contributed by atoms with E-state index in [9.17, 15) is 4.79 Å². The van der Waals surface area contributed by atoms with Crippen LogP contribution in [0.4, 0.5) is 0 Å². The molecule has 88 valence electrons. The van der Waals surface area contributed by atoms with E-state index in [0.29, 0.717) is 25.5 Å². The Morgan fingerprint density at radius 3 is 2.73 bits per heavy atom. The number of halogens is 1. The molecule has 0 aromatic rings. The van der Waals surface area contributed by atoms with Gasteiger partial charge >= 0.3 is 0 Å². The van der Waals surface area contributed by atoms with Gasteiger partial charge in [0.1, 0.15) is 0 Å². The molecule has 0 N–H and O–H groups in total. The number of carbonyl (C=O) groups excluding carboxylic acids is 1. The maximum absolute atomic E-state index is 11.7. The normalized spacial score (nSPS) is 18.3. The van der Waals surface area contributed by atoms with E-state index in [2.05, 4.69) is 0 Å². The molecule has 1 aliphatic carbocycles. The number of amides is 1. The molecule has 0 aromatic carbocycles. The Kier molecular flexibility index (Phi) is 5.40. The lowest BCUT2D eigenvalue weighted by Gasteiger charge is -2.27. The molecule has 1 atom stereocenters. The molecule has 1 saturated carbocycles. The Hall–Kier alpha value is -0.280. The summed E-state index contributed by atoms with van der Waals surface area (Å²) >= 11 is 5.99. The third-order valence-corrected chi connectivity index (χ3v) is 3.20. The summed E-state index contributed by atoms with van der Waals surface area (Å²) in [6.45, 7) is 1.06. The van der Waals surface area contributed by atoms with Crippen LogP contribution in [-0.2, 0) is 9.53 Å². The maximum atomic E-state index is 11.7. The zero-order valence-corrected chi connectivity index (χ0v) is 10.3. The van der Waals surface area contributed by atoms with Gasteiger partial charge in [0, 0.05) is 27.1 Å². The standard InChI is InChI=1S/C11H20ClNO2/c1-13(7-10(12)8-15-2)11(14)6-9-4-3-5-9/h9-10H,3-8H2,1-2H3. The van der Waals surface area contributed by atoms with Gasteiger partial charge in [0.05, 0.1) is 12.0 Å². The highest BCUT2D eigenvalue weighted by Gasteiger charge is 2.23. The maximum Gasteiger partial charge on any atom is 0.222 e. The van der Waals surface area contributed by atoms with Crippen molar-refractivity contribution in [2.75, 3.05) is 27.3 Å². The molecule has 0 bridgehead atoms. The summed E-state index contributed by atoms with van der Waals surface area (Å²) in [4.78, 5) is 13.4. The second-order valence-corrected chi connectivity index (χ2v) is 4.95. The summed E-state index contributed by atoms with van der Waals surface area (Å²) in [5.74, 6) is 0.831. The third-order valence-electron chi connectivity index (χ3n) is 2.93. The third kappa shape index (κ3) is 4.39. The fourth-order valence-corrected chi connectivity index (χ4v) is 2.07. The van der Waals surface area contributed by atoms with Crippen molar-refractivity contribution < 1.29 is 9.53 Å². The Bertz CT molecular complexity index is 207. The van der Waals surface area contributed by atoms with Gasteiger partial charge in [-0.15, -0.1) is 11.6 Å². The average molecular weight is 234 g/mol. The molecule has 1 aliphatic rings. The van der Waals surface area contributed by atoms with Crippen molar-refractivity contribution in [3.63, 3.8) is 0 Å². The molecule has 15 heavy (non-hydrogen) atoms. The van der Waals surface area contributed by atoms with E-state index in [1.807, 2.05) is 7.05 Å². The van der Waals surface area contributed by atoms with Gasteiger partial charge in [0.2, 0.25) is 5.91 Å². The highest BCUT2D eigenvalue weighted by Crippen LogP contribution is 2.29. The molecule has 0 aliphatic heterocycles. The number of methoxy groups -OCH3 is 1. The van der Waals surface area contributed by atoms with Crippen molar-refractivity contribution in [3.8, 4) is 0 Å². The number of hydrogen-bond acceptors (Lipinski definition) is 2. The average Bonchev–Trinajstić information content (AvgIpc) is 2.11. The topological polar surface area (TPSA) is 29.5 Å². The number of rotatable bonds is 6. The Morgan fingerprint density at radius 1 is 1.60 bits per heavy atom. The highest BCUT2D eigenvalue weighted by atomic mass is 35.5. The van der Waals surface area contributed by atoms with Gasteiger partial charge in [-0.1, -0.05) is 6.42 Å². The van der Waals surface area contributed by atoms with Crippen LogP contribution in [0.15, 0.2) is 0 Å². The summed E-state index contributed by atoms with van der Waals surface area (Å²) in [5.41, 5.74) is 0. The lowest BCUT2D eigenvalue weighted by molar-refractivity contribution is -0.131. The minimum Gasteiger partial charge on any atom is -0.383 e. The first kappa shape index (κ1) is 12.8. The number of hydrogen-bond donors (Lipinski definition) is 0. The summed E-state index contributed by atoms with van der Waals surface area (Å²) in [6, 6.07) is 0. The molecule has 0 spiro atoms. The van der Waals surface area contributed by atoms with E-state index < -0.39 is 0 Å². The van der Waals surface area contributed by atoms with Crippen LogP contribution in [0.1, 0.15) is 25.7 Å². The fraction of sp³-hybridized carbons (Fsp3) is 0.909. The van der Waals surface area contributed by atoms with Crippen molar-refractivity contribution in [2.24, 2.45) is 5.92 Å². The molecule has 1 fully saturated rings. The molecular formula is C11H20ClNO2. The van der Waals surface area contributed by atoms with E-state index in [4.69, 9.17) is 16.3 Å². The minimum absolute atomic E-state index is 0.106. The van der Waals surface area contributed by atoms with Crippen LogP contribution in [0.5, 0.6) is 0 Å². The second-order valence-electron chi connectivity index (χ2n) is 4.33. The van der Waals surface area contributed by atoms with Gasteiger partial charge in [-0.05, 0) is 18.8 Å². The molecule has 1 amide bonds. The van der Waals surface area contributed by atoms with E-state index in [-0.39, 0.29) is 11.3 Å². The number of alkyl halides is 1. The van der Waals surface area contributed by atoms with Crippen molar-refractivity contribution in [3.05, 3.63) is 0 Å². The SMILES string of the molecule is COCC(Cl)CN(C)C(=O)CC1CCC1. The molecule has 0 saturated heterocycles.